The molecule has 0 aliphatic carbocycles. The summed E-state index contributed by atoms with van der Waals surface area (Å²) in [7, 11) is 1.88. The molecular formula is C22H20BrN5OS. The highest BCUT2D eigenvalue weighted by molar-refractivity contribution is 9.10. The van der Waals surface area contributed by atoms with E-state index in [0.717, 1.165) is 33.0 Å². The van der Waals surface area contributed by atoms with Gasteiger partial charge in [-0.05, 0) is 58.9 Å². The van der Waals surface area contributed by atoms with Gasteiger partial charge in [-0.2, -0.15) is 10.1 Å². The number of nitrogens with one attached hydrogen (secondary N) is 1. The number of anilines is 1. The Morgan fingerprint density at radius 3 is 2.43 bits per heavy atom. The molecule has 0 radical (unpaired) electrons. The molecule has 0 fully saturated rings. The summed E-state index contributed by atoms with van der Waals surface area (Å²) in [5.74, 6) is 1.65. The van der Waals surface area contributed by atoms with Crippen molar-refractivity contribution in [1.29, 1.82) is 0 Å². The first-order chi connectivity index (χ1) is 14.5. The van der Waals surface area contributed by atoms with E-state index in [4.69, 9.17) is 9.72 Å². The molecule has 0 spiro atoms. The Morgan fingerprint density at radius 2 is 1.73 bits per heavy atom. The number of hydrogen-bond donors (Lipinski definition) is 1. The summed E-state index contributed by atoms with van der Waals surface area (Å²) in [4.78, 5) is 10.3. The first-order valence-electron chi connectivity index (χ1n) is 9.30. The van der Waals surface area contributed by atoms with Gasteiger partial charge in [0.15, 0.2) is 0 Å². The summed E-state index contributed by atoms with van der Waals surface area (Å²) in [6.45, 7) is 4.06. The second-order valence-electron chi connectivity index (χ2n) is 6.75. The van der Waals surface area contributed by atoms with Crippen LogP contribution in [0.2, 0.25) is 0 Å². The summed E-state index contributed by atoms with van der Waals surface area (Å²) < 4.78 is 11.8. The summed E-state index contributed by atoms with van der Waals surface area (Å²) in [5.41, 5.74) is 3.92. The minimum Gasteiger partial charge on any atom is -0.437 e. The number of halogens is 1. The molecule has 0 bridgehead atoms. The predicted molar refractivity (Wildman–Crippen MR) is 124 cm³/mol. The van der Waals surface area contributed by atoms with Gasteiger partial charge in [-0.3, -0.25) is 9.40 Å². The Morgan fingerprint density at radius 1 is 1.00 bits per heavy atom. The van der Waals surface area contributed by atoms with Crippen LogP contribution in [0.1, 0.15) is 11.1 Å². The van der Waals surface area contributed by atoms with Crippen molar-refractivity contribution in [2.75, 3.05) is 4.72 Å². The number of hydrogen-bond acceptors (Lipinski definition) is 6. The van der Waals surface area contributed by atoms with Gasteiger partial charge in [0.1, 0.15) is 10.2 Å². The van der Waals surface area contributed by atoms with Crippen LogP contribution >= 0.6 is 27.9 Å². The largest absolute Gasteiger partial charge is 0.437 e. The second kappa shape index (κ2) is 8.89. The molecule has 6 nitrogen and oxygen atoms in total. The van der Waals surface area contributed by atoms with E-state index in [0.29, 0.717) is 16.3 Å². The average molecular weight is 482 g/mol. The lowest BCUT2D eigenvalue weighted by Crippen LogP contribution is -2.02. The van der Waals surface area contributed by atoms with Crippen molar-refractivity contribution in [2.45, 2.75) is 18.7 Å². The normalized spacial score (nSPS) is 10.8. The maximum absolute atomic E-state index is 6.18. The molecule has 0 aliphatic heterocycles. The minimum absolute atomic E-state index is 0.451. The zero-order chi connectivity index (χ0) is 21.1. The highest BCUT2D eigenvalue weighted by atomic mass is 79.9. The Labute approximate surface area is 188 Å². The maximum atomic E-state index is 6.18. The van der Waals surface area contributed by atoms with E-state index >= 15 is 0 Å². The van der Waals surface area contributed by atoms with Crippen LogP contribution in [-0.2, 0) is 7.05 Å². The smallest absolute Gasteiger partial charge is 0.239 e. The van der Waals surface area contributed by atoms with Gasteiger partial charge in [0, 0.05) is 18.8 Å². The molecule has 30 heavy (non-hydrogen) atoms. The second-order valence-corrected chi connectivity index (χ2v) is 8.42. The number of ether oxygens (including phenoxy) is 1. The fourth-order valence-electron chi connectivity index (χ4n) is 2.89. The topological polar surface area (TPSA) is 64.9 Å². The quantitative estimate of drug-likeness (QED) is 0.332. The van der Waals surface area contributed by atoms with Gasteiger partial charge in [0.05, 0.1) is 16.8 Å². The highest BCUT2D eigenvalue weighted by Crippen LogP contribution is 2.38. The standard InChI is InChI=1S/C22H20BrN5OS/c1-14-8-4-6-10-17(14)20-19(23)21(29-18-11-7-5-9-15(18)2)26-22(25-20)27-30-16-12-24-28(3)13-16/h4-13H,1-3H3,(H,25,26,27). The number of aryl methyl sites for hydroxylation is 3. The molecule has 4 rings (SSSR count). The molecular weight excluding hydrogens is 462 g/mol. The van der Waals surface area contributed by atoms with Crippen LogP contribution in [0, 0.1) is 13.8 Å². The maximum Gasteiger partial charge on any atom is 0.239 e. The third-order valence-electron chi connectivity index (χ3n) is 4.46. The van der Waals surface area contributed by atoms with Gasteiger partial charge < -0.3 is 4.74 Å². The van der Waals surface area contributed by atoms with Gasteiger partial charge in [-0.1, -0.05) is 42.5 Å². The fraction of sp³-hybridized carbons (Fsp3) is 0.136. The molecule has 0 amide bonds. The van der Waals surface area contributed by atoms with E-state index < -0.39 is 0 Å². The van der Waals surface area contributed by atoms with E-state index in [2.05, 4.69) is 43.7 Å². The Balaban J connectivity index is 1.75. The van der Waals surface area contributed by atoms with Crippen LogP contribution < -0.4 is 9.46 Å². The van der Waals surface area contributed by atoms with Gasteiger partial charge in [0.25, 0.3) is 0 Å². The van der Waals surface area contributed by atoms with Crippen LogP contribution in [0.4, 0.5) is 5.95 Å². The SMILES string of the molecule is Cc1ccccc1Oc1nc(NSc2cnn(C)c2)nc(-c2ccccc2C)c1Br. The Kier molecular flexibility index (Phi) is 6.06. The molecule has 1 N–H and O–H groups in total. The van der Waals surface area contributed by atoms with Crippen LogP contribution in [0.25, 0.3) is 11.3 Å². The summed E-state index contributed by atoms with van der Waals surface area (Å²) in [6, 6.07) is 16.0. The van der Waals surface area contributed by atoms with Crippen molar-refractivity contribution < 1.29 is 4.74 Å². The van der Waals surface area contributed by atoms with Crippen molar-refractivity contribution in [3.63, 3.8) is 0 Å². The molecule has 2 aromatic carbocycles. The van der Waals surface area contributed by atoms with Crippen molar-refractivity contribution >= 4 is 33.8 Å². The molecule has 0 saturated heterocycles. The molecule has 0 atom stereocenters. The number of rotatable bonds is 6. The van der Waals surface area contributed by atoms with Crippen molar-refractivity contribution in [1.82, 2.24) is 19.7 Å². The molecule has 8 heteroatoms. The van der Waals surface area contributed by atoms with E-state index in [1.807, 2.05) is 62.6 Å². The zero-order valence-electron chi connectivity index (χ0n) is 16.8. The average Bonchev–Trinajstić information content (AvgIpc) is 3.16. The monoisotopic (exact) mass is 481 g/mol. The highest BCUT2D eigenvalue weighted by Gasteiger charge is 2.18. The number of benzene rings is 2. The minimum atomic E-state index is 0.451. The van der Waals surface area contributed by atoms with Crippen LogP contribution in [-0.4, -0.2) is 19.7 Å². The lowest BCUT2D eigenvalue weighted by atomic mass is 10.1. The lowest BCUT2D eigenvalue weighted by molar-refractivity contribution is 0.456. The predicted octanol–water partition coefficient (Wildman–Crippen LogP) is 6.17. The van der Waals surface area contributed by atoms with Gasteiger partial charge in [0.2, 0.25) is 11.8 Å². The summed E-state index contributed by atoms with van der Waals surface area (Å²) in [6.07, 6.45) is 3.70. The zero-order valence-corrected chi connectivity index (χ0v) is 19.2. The summed E-state index contributed by atoms with van der Waals surface area (Å²) >= 11 is 5.07. The molecule has 0 aliphatic rings. The Hall–Kier alpha value is -2.84. The number of aromatic nitrogens is 4. The fourth-order valence-corrected chi connectivity index (χ4v) is 3.97. The van der Waals surface area contributed by atoms with Crippen molar-refractivity contribution in [2.24, 2.45) is 7.05 Å². The van der Waals surface area contributed by atoms with Crippen LogP contribution in [0.15, 0.2) is 70.3 Å². The van der Waals surface area contributed by atoms with E-state index in [1.54, 1.807) is 10.9 Å². The lowest BCUT2D eigenvalue weighted by Gasteiger charge is -2.15. The van der Waals surface area contributed by atoms with E-state index in [-0.39, 0.29) is 0 Å². The molecule has 2 heterocycles. The first-order valence-corrected chi connectivity index (χ1v) is 10.9. The number of para-hydroxylation sites is 1. The molecule has 0 saturated carbocycles. The molecule has 2 aromatic heterocycles. The van der Waals surface area contributed by atoms with Crippen LogP contribution in [0.5, 0.6) is 11.6 Å². The Bertz CT molecular complexity index is 1190. The van der Waals surface area contributed by atoms with Crippen molar-refractivity contribution in [3.05, 3.63) is 76.5 Å². The van der Waals surface area contributed by atoms with Crippen LogP contribution in [0.3, 0.4) is 0 Å². The molecule has 4 aromatic rings. The van der Waals surface area contributed by atoms with Gasteiger partial charge >= 0.3 is 0 Å². The molecule has 152 valence electrons. The van der Waals surface area contributed by atoms with Gasteiger partial charge in [-0.25, -0.2) is 4.98 Å². The molecule has 0 unspecified atom stereocenters. The number of nitrogens with zero attached hydrogens (tertiary/aromatic N) is 4. The third kappa shape index (κ3) is 4.49. The first kappa shape index (κ1) is 20.4. The van der Waals surface area contributed by atoms with Crippen molar-refractivity contribution in [3.8, 4) is 22.9 Å². The summed E-state index contributed by atoms with van der Waals surface area (Å²) in [5, 5.41) is 4.19. The van der Waals surface area contributed by atoms with E-state index in [9.17, 15) is 0 Å². The van der Waals surface area contributed by atoms with E-state index in [1.165, 1.54) is 11.9 Å². The van der Waals surface area contributed by atoms with Gasteiger partial charge in [-0.15, -0.1) is 0 Å². The third-order valence-corrected chi connectivity index (χ3v) is 5.91.